The van der Waals surface area contributed by atoms with Crippen molar-refractivity contribution in [1.29, 1.82) is 0 Å². The Morgan fingerprint density at radius 3 is 2.95 bits per heavy atom. The molecule has 0 saturated heterocycles. The number of fused-ring (bicyclic) bond motifs is 1. The molecular weight excluding hydrogens is 322 g/mol. The third-order valence-electron chi connectivity index (χ3n) is 2.92. The van der Waals surface area contributed by atoms with Gasteiger partial charge in [0, 0.05) is 22.5 Å². The molecule has 0 spiro atoms. The Balaban J connectivity index is 1.98. The highest BCUT2D eigenvalue weighted by Crippen LogP contribution is 2.33. The molecule has 1 N–H and O–H groups in total. The highest BCUT2D eigenvalue weighted by atomic mass is 79.9. The lowest BCUT2D eigenvalue weighted by Crippen LogP contribution is -2.35. The molecule has 4 nitrogen and oxygen atoms in total. The molecule has 0 fully saturated rings. The summed E-state index contributed by atoms with van der Waals surface area (Å²) < 4.78 is 11.9. The molecule has 1 atom stereocenters. The maximum absolute atomic E-state index is 11.8. The summed E-state index contributed by atoms with van der Waals surface area (Å²) in [4.78, 5) is 11.8. The molecule has 1 aromatic carbocycles. The van der Waals surface area contributed by atoms with Crippen LogP contribution in [0.4, 0.5) is 0 Å². The highest BCUT2D eigenvalue weighted by Gasteiger charge is 2.23. The molecule has 0 amide bonds. The molecule has 1 aliphatic heterocycles. The zero-order chi connectivity index (χ0) is 14.8. The molecule has 0 aliphatic carbocycles. The second-order valence-corrected chi connectivity index (χ2v) is 6.75. The van der Waals surface area contributed by atoms with Crippen LogP contribution < -0.4 is 10.1 Å². The number of ether oxygens (including phenoxy) is 2. The van der Waals surface area contributed by atoms with Gasteiger partial charge in [-0.15, -0.1) is 0 Å². The predicted molar refractivity (Wildman–Crippen MR) is 80.8 cm³/mol. The molecule has 2 rings (SSSR count). The Morgan fingerprint density at radius 1 is 1.50 bits per heavy atom. The largest absolute Gasteiger partial charge is 0.493 e. The maximum atomic E-state index is 11.8. The topological polar surface area (TPSA) is 47.6 Å². The first-order valence-electron chi connectivity index (χ1n) is 6.72. The van der Waals surface area contributed by atoms with Crippen molar-refractivity contribution in [3.63, 3.8) is 0 Å². The normalized spacial score (nSPS) is 18.1. The first-order valence-corrected chi connectivity index (χ1v) is 7.52. The molecule has 110 valence electrons. The number of hydrogen-bond acceptors (Lipinski definition) is 4. The summed E-state index contributed by atoms with van der Waals surface area (Å²) in [5.74, 6) is 0.640. The zero-order valence-electron chi connectivity index (χ0n) is 12.0. The summed E-state index contributed by atoms with van der Waals surface area (Å²) in [6.45, 7) is 6.46. The third kappa shape index (κ3) is 4.21. The molecule has 1 aromatic rings. The van der Waals surface area contributed by atoms with Gasteiger partial charge in [0.1, 0.15) is 11.4 Å². The van der Waals surface area contributed by atoms with Crippen LogP contribution in [-0.2, 0) is 9.53 Å². The number of halogens is 1. The van der Waals surface area contributed by atoms with E-state index in [1.165, 1.54) is 0 Å². The van der Waals surface area contributed by atoms with Crippen molar-refractivity contribution >= 4 is 21.9 Å². The monoisotopic (exact) mass is 341 g/mol. The summed E-state index contributed by atoms with van der Waals surface area (Å²) in [5, 5.41) is 3.25. The number of carbonyl (C=O) groups excluding carboxylic acids is 1. The van der Waals surface area contributed by atoms with Crippen LogP contribution in [0.2, 0.25) is 0 Å². The maximum Gasteiger partial charge on any atom is 0.320 e. The van der Waals surface area contributed by atoms with E-state index in [0.29, 0.717) is 6.61 Å². The van der Waals surface area contributed by atoms with E-state index >= 15 is 0 Å². The SMILES string of the molecule is CC(C)(C)OC(=O)CNC1CCOc2ccc(Br)cc21. The van der Waals surface area contributed by atoms with Gasteiger partial charge < -0.3 is 9.47 Å². The van der Waals surface area contributed by atoms with Crippen LogP contribution in [0, 0.1) is 0 Å². The zero-order valence-corrected chi connectivity index (χ0v) is 13.6. The van der Waals surface area contributed by atoms with E-state index in [1.807, 2.05) is 39.0 Å². The van der Waals surface area contributed by atoms with Crippen molar-refractivity contribution in [2.75, 3.05) is 13.2 Å². The van der Waals surface area contributed by atoms with Gasteiger partial charge in [-0.2, -0.15) is 0 Å². The summed E-state index contributed by atoms with van der Waals surface area (Å²) in [7, 11) is 0. The summed E-state index contributed by atoms with van der Waals surface area (Å²) >= 11 is 3.46. The number of esters is 1. The fraction of sp³-hybridized carbons (Fsp3) is 0.533. The smallest absolute Gasteiger partial charge is 0.320 e. The summed E-state index contributed by atoms with van der Waals surface area (Å²) in [5.41, 5.74) is 0.629. The molecule has 0 aromatic heterocycles. The Labute approximate surface area is 128 Å². The van der Waals surface area contributed by atoms with Crippen LogP contribution in [-0.4, -0.2) is 24.7 Å². The van der Waals surface area contributed by atoms with E-state index in [0.717, 1.165) is 22.2 Å². The second-order valence-electron chi connectivity index (χ2n) is 5.84. The number of hydrogen-bond donors (Lipinski definition) is 1. The van der Waals surface area contributed by atoms with Crippen LogP contribution in [0.3, 0.4) is 0 Å². The minimum Gasteiger partial charge on any atom is -0.493 e. The highest BCUT2D eigenvalue weighted by molar-refractivity contribution is 9.10. The number of carbonyl (C=O) groups is 1. The average molecular weight is 342 g/mol. The second kappa shape index (κ2) is 6.14. The van der Waals surface area contributed by atoms with E-state index < -0.39 is 5.60 Å². The first kappa shape index (κ1) is 15.3. The standard InChI is InChI=1S/C15H20BrNO3/c1-15(2,3)20-14(18)9-17-12-6-7-19-13-5-4-10(16)8-11(12)13/h4-5,8,12,17H,6-7,9H2,1-3H3. The van der Waals surface area contributed by atoms with E-state index in [2.05, 4.69) is 21.2 Å². The van der Waals surface area contributed by atoms with Crippen LogP contribution in [0.5, 0.6) is 5.75 Å². The summed E-state index contributed by atoms with van der Waals surface area (Å²) in [6, 6.07) is 6.04. The molecule has 1 aliphatic rings. The van der Waals surface area contributed by atoms with E-state index in [-0.39, 0.29) is 18.6 Å². The lowest BCUT2D eigenvalue weighted by atomic mass is 10.0. The number of nitrogens with one attached hydrogen (secondary N) is 1. The van der Waals surface area contributed by atoms with E-state index in [4.69, 9.17) is 9.47 Å². The lowest BCUT2D eigenvalue weighted by molar-refractivity contribution is -0.153. The van der Waals surface area contributed by atoms with Gasteiger partial charge in [0.05, 0.1) is 13.2 Å². The molecule has 1 unspecified atom stereocenters. The van der Waals surface area contributed by atoms with Crippen molar-refractivity contribution in [2.45, 2.75) is 38.8 Å². The van der Waals surface area contributed by atoms with Gasteiger partial charge in [0.25, 0.3) is 0 Å². The Hall–Kier alpha value is -1.07. The van der Waals surface area contributed by atoms with Gasteiger partial charge in [-0.3, -0.25) is 10.1 Å². The van der Waals surface area contributed by atoms with Crippen molar-refractivity contribution in [1.82, 2.24) is 5.32 Å². The van der Waals surface area contributed by atoms with Crippen LogP contribution >= 0.6 is 15.9 Å². The first-order chi connectivity index (χ1) is 9.35. The minimum absolute atomic E-state index is 0.115. The molecular formula is C15H20BrNO3. The molecule has 0 radical (unpaired) electrons. The van der Waals surface area contributed by atoms with Gasteiger partial charge in [-0.05, 0) is 39.0 Å². The van der Waals surface area contributed by atoms with Gasteiger partial charge in [-0.25, -0.2) is 0 Å². The molecule has 1 heterocycles. The third-order valence-corrected chi connectivity index (χ3v) is 3.42. The molecule has 0 bridgehead atoms. The van der Waals surface area contributed by atoms with Gasteiger partial charge in [0.2, 0.25) is 0 Å². The van der Waals surface area contributed by atoms with Crippen LogP contribution in [0.15, 0.2) is 22.7 Å². The van der Waals surface area contributed by atoms with Crippen LogP contribution in [0.1, 0.15) is 38.8 Å². The molecule has 20 heavy (non-hydrogen) atoms. The molecule has 5 heteroatoms. The minimum atomic E-state index is -0.449. The fourth-order valence-corrected chi connectivity index (χ4v) is 2.54. The van der Waals surface area contributed by atoms with Gasteiger partial charge in [-0.1, -0.05) is 15.9 Å². The summed E-state index contributed by atoms with van der Waals surface area (Å²) in [6.07, 6.45) is 0.840. The number of benzene rings is 1. The van der Waals surface area contributed by atoms with Crippen molar-refractivity contribution in [2.24, 2.45) is 0 Å². The fourth-order valence-electron chi connectivity index (χ4n) is 2.16. The Bertz CT molecular complexity index is 496. The quantitative estimate of drug-likeness (QED) is 0.857. The lowest BCUT2D eigenvalue weighted by Gasteiger charge is -2.27. The Morgan fingerprint density at radius 2 is 2.25 bits per heavy atom. The van der Waals surface area contributed by atoms with Gasteiger partial charge >= 0.3 is 5.97 Å². The van der Waals surface area contributed by atoms with Crippen molar-refractivity contribution < 1.29 is 14.3 Å². The van der Waals surface area contributed by atoms with Crippen LogP contribution in [0.25, 0.3) is 0 Å². The Kier molecular flexibility index (Phi) is 4.70. The van der Waals surface area contributed by atoms with Gasteiger partial charge in [0.15, 0.2) is 0 Å². The van der Waals surface area contributed by atoms with E-state index in [9.17, 15) is 4.79 Å². The molecule has 0 saturated carbocycles. The van der Waals surface area contributed by atoms with E-state index in [1.54, 1.807) is 0 Å². The van der Waals surface area contributed by atoms with Crippen molar-refractivity contribution in [3.05, 3.63) is 28.2 Å². The van der Waals surface area contributed by atoms with Crippen molar-refractivity contribution in [3.8, 4) is 5.75 Å². The predicted octanol–water partition coefficient (Wildman–Crippen LogP) is 3.20. The number of rotatable bonds is 3. The average Bonchev–Trinajstić information content (AvgIpc) is 2.34.